The number of nitrogens with two attached hydrogens (primary N) is 1. The molecule has 0 radical (unpaired) electrons. The van der Waals surface area contributed by atoms with Gasteiger partial charge < -0.3 is 10.2 Å². The van der Waals surface area contributed by atoms with E-state index >= 15 is 0 Å². The Morgan fingerprint density at radius 3 is 2.96 bits per heavy atom. The number of aromatic nitrogens is 2. The lowest BCUT2D eigenvalue weighted by molar-refractivity contribution is 0.574. The molecule has 3 aromatic rings. The summed E-state index contributed by atoms with van der Waals surface area (Å²) in [7, 11) is 0.492. The highest BCUT2D eigenvalue weighted by molar-refractivity contribution is 7.83. The second kappa shape index (κ2) is 6.41. The maximum absolute atomic E-state index is 12.1. The average Bonchev–Trinajstić information content (AvgIpc) is 3.31. The van der Waals surface area contributed by atoms with Crippen LogP contribution in [-0.2, 0) is 11.0 Å². The van der Waals surface area contributed by atoms with Crippen LogP contribution in [0.25, 0.3) is 21.9 Å². The molecule has 2 N–H and O–H groups in total. The Bertz CT molecular complexity index is 951. The Kier molecular flexibility index (Phi) is 4.10. The van der Waals surface area contributed by atoms with Crippen LogP contribution in [0.2, 0.25) is 0 Å². The molecule has 128 valence electrons. The minimum absolute atomic E-state index is 0.272. The molecule has 0 saturated heterocycles. The van der Waals surface area contributed by atoms with Gasteiger partial charge in [-0.15, -0.1) is 11.3 Å². The predicted octanol–water partition coefficient (Wildman–Crippen LogP) is 2.43. The molecular formula is C16H15N5O2S2. The first-order chi connectivity index (χ1) is 12.1. The maximum atomic E-state index is 12.1. The second-order valence-electron chi connectivity index (χ2n) is 5.47. The molecule has 7 nitrogen and oxygen atoms in total. The molecule has 1 aliphatic rings. The molecule has 0 fully saturated rings. The number of nitrogens with zero attached hydrogens (tertiary/aromatic N) is 4. The Labute approximate surface area is 150 Å². The lowest BCUT2D eigenvalue weighted by Gasteiger charge is -2.24. The smallest absolute Gasteiger partial charge is 0.225 e. The second-order valence-corrected chi connectivity index (χ2v) is 8.06. The molecule has 3 heterocycles. The maximum Gasteiger partial charge on any atom is 0.225 e. The fourth-order valence-electron chi connectivity index (χ4n) is 2.50. The van der Waals surface area contributed by atoms with Crippen LogP contribution < -0.4 is 5.73 Å². The third-order valence-corrected chi connectivity index (χ3v) is 6.40. The summed E-state index contributed by atoms with van der Waals surface area (Å²) in [5.41, 5.74) is 7.75. The molecule has 25 heavy (non-hydrogen) atoms. The molecule has 9 heteroatoms. The first-order valence-electron chi connectivity index (χ1n) is 7.53. The first kappa shape index (κ1) is 16.0. The van der Waals surface area contributed by atoms with E-state index in [-0.39, 0.29) is 12.0 Å². The van der Waals surface area contributed by atoms with E-state index in [0.717, 1.165) is 21.0 Å². The van der Waals surface area contributed by atoms with E-state index in [1.54, 1.807) is 19.5 Å². The van der Waals surface area contributed by atoms with Gasteiger partial charge in [-0.25, -0.2) is 19.2 Å². The lowest BCUT2D eigenvalue weighted by atomic mass is 10.1. The van der Waals surface area contributed by atoms with Crippen molar-refractivity contribution >= 4 is 28.3 Å². The molecular weight excluding hydrogens is 358 g/mol. The SMILES string of the molecule is CN1C(N)=NC(c2ncc(-c3cccc(-c4ncco4)c3)s2)CS1=O. The highest BCUT2D eigenvalue weighted by atomic mass is 32.2. The third kappa shape index (κ3) is 3.08. The molecule has 2 atom stereocenters. The van der Waals surface area contributed by atoms with Gasteiger partial charge in [0, 0.05) is 18.8 Å². The van der Waals surface area contributed by atoms with Gasteiger partial charge in [0.1, 0.15) is 28.3 Å². The van der Waals surface area contributed by atoms with Gasteiger partial charge in [0.25, 0.3) is 0 Å². The van der Waals surface area contributed by atoms with Crippen molar-refractivity contribution in [2.75, 3.05) is 12.8 Å². The topological polar surface area (TPSA) is 97.6 Å². The summed E-state index contributed by atoms with van der Waals surface area (Å²) in [5, 5.41) is 0.806. The van der Waals surface area contributed by atoms with Crippen LogP contribution in [0.15, 0.2) is 52.3 Å². The normalized spacial score (nSPS) is 20.5. The Morgan fingerprint density at radius 2 is 2.20 bits per heavy atom. The standard InChI is InChI=1S/C16H15N5O2S2/c1-21-16(17)20-12(9-25(21)22)15-19-8-13(24-15)10-3-2-4-11(7-10)14-18-5-6-23-14/h2-8,12H,9H2,1H3,(H2,17,20). The summed E-state index contributed by atoms with van der Waals surface area (Å²) in [6, 6.07) is 7.64. The van der Waals surface area contributed by atoms with Gasteiger partial charge in [0.2, 0.25) is 11.9 Å². The molecule has 4 rings (SSSR count). The summed E-state index contributed by atoms with van der Waals surface area (Å²) >= 11 is 1.53. The van der Waals surface area contributed by atoms with Crippen molar-refractivity contribution in [3.63, 3.8) is 0 Å². The van der Waals surface area contributed by atoms with Crippen molar-refractivity contribution in [2.45, 2.75) is 6.04 Å². The van der Waals surface area contributed by atoms with Gasteiger partial charge in [-0.1, -0.05) is 12.1 Å². The van der Waals surface area contributed by atoms with E-state index in [4.69, 9.17) is 10.2 Å². The summed E-state index contributed by atoms with van der Waals surface area (Å²) in [5.74, 6) is 1.24. The minimum atomic E-state index is -1.18. The van der Waals surface area contributed by atoms with Gasteiger partial charge in [-0.2, -0.15) is 0 Å². The van der Waals surface area contributed by atoms with Crippen LogP contribution in [0, 0.1) is 0 Å². The van der Waals surface area contributed by atoms with E-state index in [0.29, 0.717) is 11.6 Å². The Hall–Kier alpha value is -2.52. The van der Waals surface area contributed by atoms with Crippen LogP contribution in [0.1, 0.15) is 11.0 Å². The fourth-order valence-corrected chi connectivity index (χ4v) is 4.54. The summed E-state index contributed by atoms with van der Waals surface area (Å²) in [6.07, 6.45) is 4.98. The number of aliphatic imine (C=N–C) groups is 1. The van der Waals surface area contributed by atoms with Gasteiger partial charge in [-0.3, -0.25) is 4.31 Å². The Balaban J connectivity index is 1.64. The molecule has 0 aliphatic carbocycles. The van der Waals surface area contributed by atoms with Crippen molar-refractivity contribution in [3.8, 4) is 21.9 Å². The number of oxazole rings is 1. The first-order valence-corrected chi connectivity index (χ1v) is 9.62. The van der Waals surface area contributed by atoms with Gasteiger partial charge in [-0.05, 0) is 17.7 Å². The molecule has 1 aromatic carbocycles. The van der Waals surface area contributed by atoms with Crippen molar-refractivity contribution in [1.29, 1.82) is 0 Å². The fraction of sp³-hybridized carbons (Fsp3) is 0.188. The average molecular weight is 373 g/mol. The number of rotatable bonds is 3. The lowest BCUT2D eigenvalue weighted by Crippen LogP contribution is -2.41. The van der Waals surface area contributed by atoms with E-state index in [2.05, 4.69) is 15.0 Å². The van der Waals surface area contributed by atoms with Crippen molar-refractivity contribution in [3.05, 3.63) is 47.9 Å². The van der Waals surface area contributed by atoms with Crippen LogP contribution >= 0.6 is 11.3 Å². The zero-order valence-electron chi connectivity index (χ0n) is 13.3. The minimum Gasteiger partial charge on any atom is -0.445 e. The zero-order valence-corrected chi connectivity index (χ0v) is 15.0. The number of hydrogen-bond acceptors (Lipinski definition) is 7. The largest absolute Gasteiger partial charge is 0.445 e. The molecule has 0 saturated carbocycles. The van der Waals surface area contributed by atoms with Crippen molar-refractivity contribution in [1.82, 2.24) is 14.3 Å². The van der Waals surface area contributed by atoms with Gasteiger partial charge in [0.15, 0.2) is 0 Å². The van der Waals surface area contributed by atoms with Crippen molar-refractivity contribution in [2.24, 2.45) is 10.7 Å². The van der Waals surface area contributed by atoms with Crippen LogP contribution in [0.4, 0.5) is 0 Å². The van der Waals surface area contributed by atoms with E-state index in [9.17, 15) is 4.21 Å². The molecule has 0 bridgehead atoms. The quantitative estimate of drug-likeness (QED) is 0.760. The molecule has 2 unspecified atom stereocenters. The van der Waals surface area contributed by atoms with E-state index < -0.39 is 11.0 Å². The molecule has 0 spiro atoms. The molecule has 0 amide bonds. The number of thiazole rings is 1. The number of benzene rings is 1. The van der Waals surface area contributed by atoms with Crippen molar-refractivity contribution < 1.29 is 8.63 Å². The third-order valence-electron chi connectivity index (χ3n) is 3.85. The van der Waals surface area contributed by atoms with E-state index in [1.807, 2.05) is 30.5 Å². The Morgan fingerprint density at radius 1 is 1.36 bits per heavy atom. The monoisotopic (exact) mass is 373 g/mol. The van der Waals surface area contributed by atoms with Crippen LogP contribution in [-0.4, -0.2) is 37.2 Å². The highest BCUT2D eigenvalue weighted by Gasteiger charge is 2.27. The molecule has 1 aliphatic heterocycles. The van der Waals surface area contributed by atoms with Gasteiger partial charge in [0.05, 0.1) is 16.8 Å². The predicted molar refractivity (Wildman–Crippen MR) is 98.2 cm³/mol. The van der Waals surface area contributed by atoms with Gasteiger partial charge >= 0.3 is 0 Å². The molecule has 2 aromatic heterocycles. The number of hydrogen-bond donors (Lipinski definition) is 1. The summed E-state index contributed by atoms with van der Waals surface area (Å²) in [6.45, 7) is 0. The van der Waals surface area contributed by atoms with E-state index in [1.165, 1.54) is 15.6 Å². The zero-order chi connectivity index (χ0) is 17.4. The number of guanidine groups is 1. The summed E-state index contributed by atoms with van der Waals surface area (Å²) in [4.78, 5) is 14.0. The van der Waals surface area contributed by atoms with Crippen LogP contribution in [0.3, 0.4) is 0 Å². The highest BCUT2D eigenvalue weighted by Crippen LogP contribution is 2.33. The summed E-state index contributed by atoms with van der Waals surface area (Å²) < 4.78 is 18.9. The van der Waals surface area contributed by atoms with Crippen LogP contribution in [0.5, 0.6) is 0 Å².